The summed E-state index contributed by atoms with van der Waals surface area (Å²) < 4.78 is 0. The van der Waals surface area contributed by atoms with Gasteiger partial charge in [0.15, 0.2) is 0 Å². The number of rotatable bonds is 5. The van der Waals surface area contributed by atoms with Gasteiger partial charge in [-0.2, -0.15) is 0 Å². The molecule has 1 aromatic carbocycles. The van der Waals surface area contributed by atoms with Crippen LogP contribution in [0, 0.1) is 0 Å². The van der Waals surface area contributed by atoms with E-state index in [9.17, 15) is 9.59 Å². The van der Waals surface area contributed by atoms with Crippen LogP contribution in [0.5, 0.6) is 0 Å². The first-order valence-corrected chi connectivity index (χ1v) is 8.54. The summed E-state index contributed by atoms with van der Waals surface area (Å²) in [6.07, 6.45) is 5.36. The number of carboxylic acids is 1. The molecule has 0 aliphatic heterocycles. The number of fused-ring (bicyclic) bond motifs is 1. The Labute approximate surface area is 138 Å². The summed E-state index contributed by atoms with van der Waals surface area (Å²) in [5, 5.41) is 12.9. The summed E-state index contributed by atoms with van der Waals surface area (Å²) in [6, 6.07) is 6.05. The predicted octanol–water partition coefficient (Wildman–Crippen LogP) is 2.69. The van der Waals surface area contributed by atoms with Crippen molar-refractivity contribution in [3.8, 4) is 0 Å². The maximum atomic E-state index is 12.1. The molecule has 1 aromatic heterocycles. The molecule has 0 atom stereocenters. The number of amides is 1. The molecule has 120 valence electrons. The van der Waals surface area contributed by atoms with Crippen LogP contribution in [0.2, 0.25) is 0 Å². The highest BCUT2D eigenvalue weighted by atomic mass is 32.1. The van der Waals surface area contributed by atoms with Gasteiger partial charge >= 0.3 is 5.97 Å². The smallest absolute Gasteiger partial charge is 0.335 e. The maximum Gasteiger partial charge on any atom is 0.335 e. The van der Waals surface area contributed by atoms with Crippen LogP contribution in [0.3, 0.4) is 0 Å². The molecule has 6 heteroatoms. The van der Waals surface area contributed by atoms with Crippen molar-refractivity contribution in [2.45, 2.75) is 32.1 Å². The molecule has 0 unspecified atom stereocenters. The fraction of sp³-hybridized carbons (Fsp3) is 0.353. The largest absolute Gasteiger partial charge is 0.478 e. The zero-order chi connectivity index (χ0) is 16.2. The third-order valence-corrected chi connectivity index (χ3v) is 5.10. The molecule has 0 radical (unpaired) electrons. The molecule has 1 heterocycles. The Hall–Kier alpha value is -2.21. The van der Waals surface area contributed by atoms with Crippen LogP contribution >= 0.6 is 11.3 Å². The first-order valence-electron chi connectivity index (χ1n) is 7.72. The highest BCUT2D eigenvalue weighted by Crippen LogP contribution is 2.26. The highest BCUT2D eigenvalue weighted by molar-refractivity contribution is 7.11. The third kappa shape index (κ3) is 3.76. The van der Waals surface area contributed by atoms with Crippen LogP contribution < -0.4 is 5.32 Å². The van der Waals surface area contributed by atoms with Gasteiger partial charge in [-0.1, -0.05) is 6.07 Å². The summed E-state index contributed by atoms with van der Waals surface area (Å²) in [7, 11) is 0. The maximum absolute atomic E-state index is 12.1. The van der Waals surface area contributed by atoms with Crippen molar-refractivity contribution in [2.24, 2.45) is 0 Å². The third-order valence-electron chi connectivity index (χ3n) is 3.89. The monoisotopic (exact) mass is 330 g/mol. The van der Waals surface area contributed by atoms with Crippen molar-refractivity contribution in [3.05, 3.63) is 51.0 Å². The molecule has 1 amide bonds. The fourth-order valence-electron chi connectivity index (χ4n) is 2.69. The van der Waals surface area contributed by atoms with Crippen LogP contribution in [0.4, 0.5) is 0 Å². The van der Waals surface area contributed by atoms with E-state index in [4.69, 9.17) is 5.11 Å². The molecule has 2 N–H and O–H groups in total. The van der Waals surface area contributed by atoms with Crippen LogP contribution in [0.25, 0.3) is 0 Å². The lowest BCUT2D eigenvalue weighted by atomic mass is 10.0. The molecule has 0 fully saturated rings. The van der Waals surface area contributed by atoms with E-state index in [1.54, 1.807) is 23.5 Å². The summed E-state index contributed by atoms with van der Waals surface area (Å²) in [5.41, 5.74) is 1.71. The van der Waals surface area contributed by atoms with Crippen molar-refractivity contribution in [1.29, 1.82) is 0 Å². The van der Waals surface area contributed by atoms with Crippen LogP contribution in [-0.4, -0.2) is 28.5 Å². The summed E-state index contributed by atoms with van der Waals surface area (Å²) in [6.45, 7) is 0.503. The zero-order valence-electron chi connectivity index (χ0n) is 12.7. The number of hydrogen-bond acceptors (Lipinski definition) is 4. The number of thiazole rings is 1. The summed E-state index contributed by atoms with van der Waals surface area (Å²) in [5.74, 6) is -1.29. The number of aromatic carboxylic acids is 1. The first-order chi connectivity index (χ1) is 11.1. The fourth-order valence-corrected chi connectivity index (χ4v) is 3.85. The Kier molecular flexibility index (Phi) is 4.71. The second kappa shape index (κ2) is 6.91. The molecule has 2 aromatic rings. The molecule has 23 heavy (non-hydrogen) atoms. The predicted molar refractivity (Wildman–Crippen MR) is 88.2 cm³/mol. The van der Waals surface area contributed by atoms with E-state index in [1.165, 1.54) is 35.5 Å². The summed E-state index contributed by atoms with van der Waals surface area (Å²) >= 11 is 1.75. The Morgan fingerprint density at radius 2 is 2.00 bits per heavy atom. The topological polar surface area (TPSA) is 79.3 Å². The molecule has 1 aliphatic carbocycles. The van der Waals surface area contributed by atoms with E-state index in [2.05, 4.69) is 10.3 Å². The number of hydrogen-bond donors (Lipinski definition) is 2. The number of carbonyl (C=O) groups is 2. The molecule has 1 aliphatic rings. The Balaban J connectivity index is 1.56. The van der Waals surface area contributed by atoms with E-state index >= 15 is 0 Å². The lowest BCUT2D eigenvalue weighted by molar-refractivity contribution is 0.0697. The number of carboxylic acid groups (broad SMARTS) is 1. The van der Waals surface area contributed by atoms with Gasteiger partial charge in [-0.15, -0.1) is 11.3 Å². The molecule has 0 saturated carbocycles. The molecule has 3 rings (SSSR count). The van der Waals surface area contributed by atoms with Gasteiger partial charge in [-0.25, -0.2) is 9.78 Å². The van der Waals surface area contributed by atoms with Crippen molar-refractivity contribution < 1.29 is 14.7 Å². The lowest BCUT2D eigenvalue weighted by Crippen LogP contribution is -2.25. The quantitative estimate of drug-likeness (QED) is 0.883. The second-order valence-electron chi connectivity index (χ2n) is 5.58. The number of nitrogens with one attached hydrogen (secondary N) is 1. The van der Waals surface area contributed by atoms with Crippen molar-refractivity contribution in [2.75, 3.05) is 6.54 Å². The van der Waals surface area contributed by atoms with Gasteiger partial charge in [0.25, 0.3) is 5.91 Å². The van der Waals surface area contributed by atoms with Crippen molar-refractivity contribution in [3.63, 3.8) is 0 Å². The molecular weight excluding hydrogens is 312 g/mol. The van der Waals surface area contributed by atoms with Crippen molar-refractivity contribution in [1.82, 2.24) is 10.3 Å². The SMILES string of the molecule is O=C(O)c1cccc(C(=O)NCCc2nc3c(s2)CCCC3)c1. The number of aromatic nitrogens is 1. The molecule has 0 bridgehead atoms. The number of nitrogens with zero attached hydrogens (tertiary/aromatic N) is 1. The van der Waals surface area contributed by atoms with Gasteiger partial charge < -0.3 is 10.4 Å². The average molecular weight is 330 g/mol. The first kappa shape index (κ1) is 15.7. The number of aryl methyl sites for hydroxylation is 2. The van der Waals surface area contributed by atoms with Gasteiger partial charge in [0, 0.05) is 23.4 Å². The lowest BCUT2D eigenvalue weighted by Gasteiger charge is -2.06. The highest BCUT2D eigenvalue weighted by Gasteiger charge is 2.15. The van der Waals surface area contributed by atoms with E-state index in [0.29, 0.717) is 18.5 Å². The van der Waals surface area contributed by atoms with Crippen LogP contribution in [0.1, 0.15) is 49.1 Å². The normalized spacial score (nSPS) is 13.4. The Morgan fingerprint density at radius 1 is 1.22 bits per heavy atom. The minimum absolute atomic E-state index is 0.116. The van der Waals surface area contributed by atoms with Gasteiger partial charge in [0.1, 0.15) is 0 Å². The minimum Gasteiger partial charge on any atom is -0.478 e. The number of carbonyl (C=O) groups excluding carboxylic acids is 1. The Bertz CT molecular complexity index is 716. The van der Waals surface area contributed by atoms with E-state index in [0.717, 1.165) is 17.8 Å². The zero-order valence-corrected chi connectivity index (χ0v) is 13.5. The standard InChI is InChI=1S/C17H18N2O3S/c20-16(11-4-3-5-12(10-11)17(21)22)18-9-8-15-19-13-6-1-2-7-14(13)23-15/h3-5,10H,1-2,6-9H2,(H,18,20)(H,21,22). The molecule has 0 saturated heterocycles. The van der Waals surface area contributed by atoms with Crippen LogP contribution in [-0.2, 0) is 19.3 Å². The van der Waals surface area contributed by atoms with Gasteiger partial charge in [0.2, 0.25) is 0 Å². The Morgan fingerprint density at radius 3 is 2.78 bits per heavy atom. The van der Waals surface area contributed by atoms with Crippen LogP contribution in [0.15, 0.2) is 24.3 Å². The van der Waals surface area contributed by atoms with Crippen molar-refractivity contribution >= 4 is 23.2 Å². The van der Waals surface area contributed by atoms with Gasteiger partial charge in [-0.3, -0.25) is 4.79 Å². The molecule has 5 nitrogen and oxygen atoms in total. The van der Waals surface area contributed by atoms with Gasteiger partial charge in [-0.05, 0) is 43.9 Å². The van der Waals surface area contributed by atoms with E-state index in [-0.39, 0.29) is 11.5 Å². The average Bonchev–Trinajstić information content (AvgIpc) is 2.97. The number of benzene rings is 1. The summed E-state index contributed by atoms with van der Waals surface area (Å²) in [4.78, 5) is 29.1. The second-order valence-corrected chi connectivity index (χ2v) is 6.74. The molecule has 0 spiro atoms. The van der Waals surface area contributed by atoms with E-state index < -0.39 is 5.97 Å². The minimum atomic E-state index is -1.03. The molecular formula is C17H18N2O3S. The van der Waals surface area contributed by atoms with E-state index in [1.807, 2.05) is 0 Å². The van der Waals surface area contributed by atoms with Gasteiger partial charge in [0.05, 0.1) is 16.3 Å².